The van der Waals surface area contributed by atoms with Crippen LogP contribution in [0, 0.1) is 0 Å². The first kappa shape index (κ1) is 26.3. The van der Waals surface area contributed by atoms with Crippen molar-refractivity contribution in [3.05, 3.63) is 42.0 Å². The second kappa shape index (κ2) is 9.92. The molecule has 0 saturated carbocycles. The lowest BCUT2D eigenvalue weighted by Gasteiger charge is -2.21. The molecule has 0 fully saturated rings. The van der Waals surface area contributed by atoms with Crippen LogP contribution in [0.25, 0.3) is 11.1 Å². The van der Waals surface area contributed by atoms with Crippen molar-refractivity contribution in [2.24, 2.45) is 0 Å². The number of methoxy groups -OCH3 is 1. The van der Waals surface area contributed by atoms with Crippen LogP contribution >= 0.6 is 0 Å². The zero-order valence-corrected chi connectivity index (χ0v) is 21.4. The first-order valence-electron chi connectivity index (χ1n) is 11.4. The number of halogens is 2. The number of carbonyl (C=O) groups is 1. The third kappa shape index (κ3) is 5.48. The van der Waals surface area contributed by atoms with E-state index in [9.17, 15) is 22.0 Å². The number of pyridine rings is 2. The number of carbonyl (C=O) groups excluding carboxylic acids is 1. The lowest BCUT2D eigenvalue weighted by Crippen LogP contribution is -2.35. The predicted molar refractivity (Wildman–Crippen MR) is 129 cm³/mol. The molecule has 4 heterocycles. The summed E-state index contributed by atoms with van der Waals surface area (Å²) in [5, 5.41) is 6.50. The van der Waals surface area contributed by atoms with Crippen LogP contribution in [0.5, 0.6) is 11.8 Å². The summed E-state index contributed by atoms with van der Waals surface area (Å²) < 4.78 is 68.6. The van der Waals surface area contributed by atoms with Crippen molar-refractivity contribution in [1.29, 1.82) is 0 Å². The summed E-state index contributed by atoms with van der Waals surface area (Å²) >= 11 is 0. The minimum absolute atomic E-state index is 0.0372. The zero-order chi connectivity index (χ0) is 27.0. The SMILES string of the molecule is COc1cc(-c2cc(C(C)(F)F)nc(C(C)C)c2NC(=O)NS(=O)(=O)c2cnn3c2OCCC3)ccn1. The highest BCUT2D eigenvalue weighted by molar-refractivity contribution is 7.90. The topological polar surface area (TPSA) is 137 Å². The van der Waals surface area contributed by atoms with Crippen LogP contribution in [0.15, 0.2) is 35.5 Å². The smallest absolute Gasteiger partial charge is 0.333 e. The van der Waals surface area contributed by atoms with Gasteiger partial charge in [0, 0.05) is 37.7 Å². The molecule has 2 amide bonds. The number of aromatic nitrogens is 4. The van der Waals surface area contributed by atoms with Crippen LogP contribution < -0.4 is 19.5 Å². The van der Waals surface area contributed by atoms with Crippen LogP contribution in [-0.2, 0) is 22.5 Å². The van der Waals surface area contributed by atoms with Gasteiger partial charge in [0.05, 0.1) is 31.3 Å². The van der Waals surface area contributed by atoms with Gasteiger partial charge >= 0.3 is 6.03 Å². The molecule has 0 radical (unpaired) electrons. The number of fused-ring (bicyclic) bond motifs is 1. The Bertz CT molecular complexity index is 1440. The number of nitrogens with one attached hydrogen (secondary N) is 2. The maximum atomic E-state index is 14.4. The second-order valence-electron chi connectivity index (χ2n) is 8.74. The molecule has 0 aliphatic carbocycles. The molecule has 1 aliphatic rings. The predicted octanol–water partition coefficient (Wildman–Crippen LogP) is 3.88. The van der Waals surface area contributed by atoms with Gasteiger partial charge in [-0.25, -0.2) is 32.6 Å². The number of hydrogen-bond acceptors (Lipinski definition) is 8. The number of anilines is 1. The fourth-order valence-corrected chi connectivity index (χ4v) is 4.79. The summed E-state index contributed by atoms with van der Waals surface area (Å²) in [6, 6.07) is 3.09. The van der Waals surface area contributed by atoms with Gasteiger partial charge in [0.15, 0.2) is 4.90 Å². The van der Waals surface area contributed by atoms with Crippen LogP contribution in [0.2, 0.25) is 0 Å². The largest absolute Gasteiger partial charge is 0.481 e. The van der Waals surface area contributed by atoms with Gasteiger partial charge in [-0.3, -0.25) is 0 Å². The van der Waals surface area contributed by atoms with E-state index in [-0.39, 0.29) is 33.6 Å². The Labute approximate surface area is 212 Å². The van der Waals surface area contributed by atoms with Gasteiger partial charge in [0.1, 0.15) is 5.69 Å². The number of urea groups is 1. The van der Waals surface area contributed by atoms with E-state index in [1.165, 1.54) is 24.1 Å². The number of alkyl halides is 2. The fourth-order valence-electron chi connectivity index (χ4n) is 3.80. The first-order valence-corrected chi connectivity index (χ1v) is 12.8. The Balaban J connectivity index is 1.75. The molecule has 0 unspecified atom stereocenters. The quantitative estimate of drug-likeness (QED) is 0.464. The fraction of sp³-hybridized carbons (Fsp3) is 0.391. The molecule has 37 heavy (non-hydrogen) atoms. The highest BCUT2D eigenvalue weighted by Crippen LogP contribution is 2.39. The number of hydrogen-bond donors (Lipinski definition) is 2. The van der Waals surface area contributed by atoms with Crippen LogP contribution in [-0.4, -0.2) is 47.9 Å². The highest BCUT2D eigenvalue weighted by atomic mass is 32.2. The Morgan fingerprint density at radius 1 is 1.30 bits per heavy atom. The molecular formula is C23H26F2N6O5S. The molecule has 0 saturated heterocycles. The van der Waals surface area contributed by atoms with E-state index >= 15 is 0 Å². The molecule has 0 spiro atoms. The molecule has 1 aliphatic heterocycles. The van der Waals surface area contributed by atoms with E-state index in [1.54, 1.807) is 19.9 Å². The number of aryl methyl sites for hydroxylation is 1. The van der Waals surface area contributed by atoms with Crippen molar-refractivity contribution in [2.45, 2.75) is 50.5 Å². The molecule has 2 N–H and O–H groups in total. The summed E-state index contributed by atoms with van der Waals surface area (Å²) in [5.41, 5.74) is 0.290. The molecule has 4 rings (SSSR count). The van der Waals surface area contributed by atoms with E-state index in [4.69, 9.17) is 9.47 Å². The monoisotopic (exact) mass is 536 g/mol. The van der Waals surface area contributed by atoms with Gasteiger partial charge in [-0.15, -0.1) is 0 Å². The zero-order valence-electron chi connectivity index (χ0n) is 20.6. The third-order valence-corrected chi connectivity index (χ3v) is 6.88. The second-order valence-corrected chi connectivity index (χ2v) is 10.4. The number of rotatable bonds is 7. The molecule has 11 nitrogen and oxygen atoms in total. The van der Waals surface area contributed by atoms with Gasteiger partial charge in [-0.2, -0.15) is 13.9 Å². The lowest BCUT2D eigenvalue weighted by molar-refractivity contribution is 0.0126. The lowest BCUT2D eigenvalue weighted by atomic mass is 9.97. The summed E-state index contributed by atoms with van der Waals surface area (Å²) in [5.74, 6) is -3.43. The molecule has 3 aromatic rings. The summed E-state index contributed by atoms with van der Waals surface area (Å²) in [6.45, 7) is 4.95. The van der Waals surface area contributed by atoms with Gasteiger partial charge in [0.25, 0.3) is 15.9 Å². The normalized spacial score (nSPS) is 13.6. The molecule has 0 bridgehead atoms. The third-order valence-electron chi connectivity index (χ3n) is 5.57. The van der Waals surface area contributed by atoms with Crippen molar-refractivity contribution in [2.75, 3.05) is 19.0 Å². The molecule has 3 aromatic heterocycles. The maximum Gasteiger partial charge on any atom is 0.333 e. The number of sulfonamides is 1. The summed E-state index contributed by atoms with van der Waals surface area (Å²) in [6.07, 6.45) is 3.19. The average Bonchev–Trinajstić information content (AvgIpc) is 3.28. The summed E-state index contributed by atoms with van der Waals surface area (Å²) in [7, 11) is -2.97. The minimum atomic E-state index is -4.37. The Hall–Kier alpha value is -3.81. The minimum Gasteiger partial charge on any atom is -0.481 e. The van der Waals surface area contributed by atoms with E-state index in [0.29, 0.717) is 25.1 Å². The standard InChI is InChI=1S/C23H26F2N6O5S/c1-13(2)19-20(15(11-17(28-19)23(3,24)25)14-6-7-26-18(10-14)35-4)29-22(32)30-37(33,34)16-12-27-31-8-5-9-36-21(16)31/h6-7,10-13H,5,8-9H2,1-4H3,(H2,29,30,32). The Kier molecular flexibility index (Phi) is 7.04. The van der Waals surface area contributed by atoms with Gasteiger partial charge < -0.3 is 14.8 Å². The van der Waals surface area contributed by atoms with Crippen LogP contribution in [0.4, 0.5) is 19.3 Å². The average molecular weight is 537 g/mol. The van der Waals surface area contributed by atoms with Gasteiger partial charge in [-0.1, -0.05) is 13.8 Å². The van der Waals surface area contributed by atoms with Crippen molar-refractivity contribution >= 4 is 21.7 Å². The molecule has 0 atom stereocenters. The molecule has 14 heteroatoms. The van der Waals surface area contributed by atoms with Crippen molar-refractivity contribution < 1.29 is 31.5 Å². The van der Waals surface area contributed by atoms with Crippen molar-refractivity contribution in [3.8, 4) is 22.9 Å². The van der Waals surface area contributed by atoms with Gasteiger partial charge in [0.2, 0.25) is 11.8 Å². The molecule has 0 aromatic carbocycles. The van der Waals surface area contributed by atoms with Crippen LogP contribution in [0.1, 0.15) is 44.5 Å². The highest BCUT2D eigenvalue weighted by Gasteiger charge is 2.32. The van der Waals surface area contributed by atoms with E-state index in [0.717, 1.165) is 19.2 Å². The number of amides is 2. The molecule has 198 valence electrons. The van der Waals surface area contributed by atoms with Crippen LogP contribution in [0.3, 0.4) is 0 Å². The van der Waals surface area contributed by atoms with E-state index < -0.39 is 33.6 Å². The maximum absolute atomic E-state index is 14.4. The Morgan fingerprint density at radius 3 is 2.73 bits per heavy atom. The van der Waals surface area contributed by atoms with Gasteiger partial charge in [-0.05, 0) is 23.6 Å². The van der Waals surface area contributed by atoms with E-state index in [1.807, 2.05) is 4.72 Å². The number of nitrogens with zero attached hydrogens (tertiary/aromatic N) is 4. The van der Waals surface area contributed by atoms with Crippen molar-refractivity contribution in [1.82, 2.24) is 24.5 Å². The van der Waals surface area contributed by atoms with E-state index in [2.05, 4.69) is 20.4 Å². The first-order chi connectivity index (χ1) is 17.4. The summed E-state index contributed by atoms with van der Waals surface area (Å²) in [4.78, 5) is 20.8. The number of ether oxygens (including phenoxy) is 2. The van der Waals surface area contributed by atoms with Crippen molar-refractivity contribution in [3.63, 3.8) is 0 Å². The molecular weight excluding hydrogens is 510 g/mol. The Morgan fingerprint density at radius 2 is 2.05 bits per heavy atom.